The molecular formula is C14H24NO2+. The van der Waals surface area contributed by atoms with Crippen LogP contribution in [0.2, 0.25) is 0 Å². The molecule has 96 valence electrons. The molecule has 3 nitrogen and oxygen atoms in total. The molecule has 0 bridgehead atoms. The summed E-state index contributed by atoms with van der Waals surface area (Å²) in [4.78, 5) is 22.4. The second-order valence-electron chi connectivity index (χ2n) is 5.85. The largest absolute Gasteiger partial charge is 0.464 e. The van der Waals surface area contributed by atoms with Gasteiger partial charge in [0.2, 0.25) is 0 Å². The molecule has 3 heteroatoms. The highest BCUT2D eigenvalue weighted by atomic mass is 16.2. The Labute approximate surface area is 105 Å². The molecule has 0 radical (unpaired) electrons. The Kier molecular flexibility index (Phi) is 5.07. The quantitative estimate of drug-likeness (QED) is 0.405. The van der Waals surface area contributed by atoms with E-state index >= 15 is 0 Å². The maximum atomic E-state index is 10.7. The van der Waals surface area contributed by atoms with Crippen LogP contribution in [0.5, 0.6) is 0 Å². The minimum atomic E-state index is 0.0821. The van der Waals surface area contributed by atoms with Crippen LogP contribution < -0.4 is 0 Å². The maximum absolute atomic E-state index is 10.7. The van der Waals surface area contributed by atoms with Gasteiger partial charge in [-0.1, -0.05) is 36.9 Å². The van der Waals surface area contributed by atoms with Gasteiger partial charge in [0.15, 0.2) is 0 Å². The third kappa shape index (κ3) is 3.50. The fourth-order valence-corrected chi connectivity index (χ4v) is 3.17. The topological polar surface area (TPSA) is 37.4 Å². The van der Waals surface area contributed by atoms with Crippen molar-refractivity contribution < 1.29 is 9.59 Å². The van der Waals surface area contributed by atoms with Crippen molar-refractivity contribution in [1.29, 1.82) is 0 Å². The van der Waals surface area contributed by atoms with Crippen LogP contribution >= 0.6 is 0 Å². The van der Waals surface area contributed by atoms with E-state index in [0.717, 1.165) is 31.6 Å². The second kappa shape index (κ2) is 6.11. The van der Waals surface area contributed by atoms with E-state index < -0.39 is 0 Å². The lowest BCUT2D eigenvalue weighted by Crippen LogP contribution is -2.38. The van der Waals surface area contributed by atoms with E-state index in [2.05, 4.69) is 20.8 Å². The lowest BCUT2D eigenvalue weighted by molar-refractivity contribution is -0.117. The number of carbonyl (C=O) groups is 1. The number of nitrogens with zero attached hydrogens (tertiary/aromatic N) is 1. The molecule has 0 aromatic carbocycles. The Morgan fingerprint density at radius 2 is 1.88 bits per heavy atom. The summed E-state index contributed by atoms with van der Waals surface area (Å²) in [6.45, 7) is 6.90. The van der Waals surface area contributed by atoms with Crippen molar-refractivity contribution in [1.82, 2.24) is 4.90 Å². The Morgan fingerprint density at radius 1 is 1.29 bits per heavy atom. The maximum Gasteiger partial charge on any atom is 0.464 e. The summed E-state index contributed by atoms with van der Waals surface area (Å²) in [6.07, 6.45) is 8.89. The van der Waals surface area contributed by atoms with Crippen LogP contribution in [0.3, 0.4) is 0 Å². The van der Waals surface area contributed by atoms with E-state index in [4.69, 9.17) is 0 Å². The molecule has 0 atom stereocenters. The normalized spacial score (nSPS) is 25.1. The SMILES string of the molecule is CCCC(C)(C)C1CCC(N([C+]=O)C=O)CC1. The summed E-state index contributed by atoms with van der Waals surface area (Å²) in [7, 11) is 0. The number of hydrogen-bond acceptors (Lipinski definition) is 2. The summed E-state index contributed by atoms with van der Waals surface area (Å²) < 4.78 is 0. The van der Waals surface area contributed by atoms with Gasteiger partial charge in [0.1, 0.15) is 0 Å². The molecule has 0 aromatic rings. The van der Waals surface area contributed by atoms with Gasteiger partial charge in [-0.05, 0) is 43.4 Å². The molecule has 1 rings (SSSR count). The average molecular weight is 238 g/mol. The van der Waals surface area contributed by atoms with Crippen LogP contribution in [-0.2, 0) is 9.59 Å². The van der Waals surface area contributed by atoms with Crippen LogP contribution in [0.25, 0.3) is 0 Å². The first-order chi connectivity index (χ1) is 8.05. The van der Waals surface area contributed by atoms with E-state index in [9.17, 15) is 9.59 Å². The smallest absolute Gasteiger partial charge is 0.159 e. The van der Waals surface area contributed by atoms with Gasteiger partial charge in [-0.25, -0.2) is 0 Å². The summed E-state index contributed by atoms with van der Waals surface area (Å²) in [5.41, 5.74) is 0.386. The van der Waals surface area contributed by atoms with Gasteiger partial charge >= 0.3 is 12.8 Å². The van der Waals surface area contributed by atoms with Crippen LogP contribution in [0.4, 0.5) is 0 Å². The molecule has 1 aliphatic carbocycles. The molecule has 0 N–H and O–H groups in total. The number of carbonyl (C=O) groups excluding carboxylic acids is 2. The van der Waals surface area contributed by atoms with E-state index in [1.54, 1.807) is 6.41 Å². The van der Waals surface area contributed by atoms with E-state index in [1.807, 2.05) is 0 Å². The number of imide groups is 1. The highest BCUT2D eigenvalue weighted by Gasteiger charge is 2.36. The summed E-state index contributed by atoms with van der Waals surface area (Å²) >= 11 is 0. The Bertz CT molecular complexity index is 247. The molecule has 1 saturated carbocycles. The molecule has 2 amide bonds. The number of hydrogen-bond donors (Lipinski definition) is 0. The van der Waals surface area contributed by atoms with Crippen LogP contribution in [0.1, 0.15) is 59.3 Å². The minimum Gasteiger partial charge on any atom is -0.159 e. The molecule has 17 heavy (non-hydrogen) atoms. The van der Waals surface area contributed by atoms with Crippen molar-refractivity contribution in [2.24, 2.45) is 11.3 Å². The van der Waals surface area contributed by atoms with Crippen molar-refractivity contribution in [3.63, 3.8) is 0 Å². The molecule has 0 spiro atoms. The monoisotopic (exact) mass is 238 g/mol. The molecule has 0 aliphatic heterocycles. The molecule has 1 aliphatic rings. The van der Waals surface area contributed by atoms with Crippen molar-refractivity contribution in [3.05, 3.63) is 0 Å². The first-order valence-corrected chi connectivity index (χ1v) is 6.66. The zero-order chi connectivity index (χ0) is 12.9. The zero-order valence-corrected chi connectivity index (χ0v) is 11.2. The van der Waals surface area contributed by atoms with Gasteiger partial charge < -0.3 is 0 Å². The van der Waals surface area contributed by atoms with Gasteiger partial charge in [0.25, 0.3) is 0 Å². The fraction of sp³-hybridized carbons (Fsp3) is 0.857. The van der Waals surface area contributed by atoms with Gasteiger partial charge in [0.05, 0.1) is 6.04 Å². The molecule has 0 unspecified atom stereocenters. The second-order valence-corrected chi connectivity index (χ2v) is 5.85. The number of rotatable bonds is 6. The first-order valence-electron chi connectivity index (χ1n) is 6.66. The lowest BCUT2D eigenvalue weighted by Gasteiger charge is -2.39. The average Bonchev–Trinajstić information content (AvgIpc) is 2.31. The standard InChI is InChI=1S/C14H24NO2/c1-4-9-14(2,3)12-5-7-13(8-6-12)15(10-16)11-17/h10,12-13H,4-9H2,1-3H3/q+1. The molecule has 1 fully saturated rings. The van der Waals surface area contributed by atoms with Crippen LogP contribution in [-0.4, -0.2) is 23.8 Å². The van der Waals surface area contributed by atoms with Crippen molar-refractivity contribution >= 4 is 12.8 Å². The van der Waals surface area contributed by atoms with Gasteiger partial charge in [0, 0.05) is 0 Å². The molecule has 0 aromatic heterocycles. The van der Waals surface area contributed by atoms with Crippen molar-refractivity contribution in [3.8, 4) is 0 Å². The fourth-order valence-electron chi connectivity index (χ4n) is 3.17. The third-order valence-electron chi connectivity index (χ3n) is 4.31. The summed E-state index contributed by atoms with van der Waals surface area (Å²) in [6, 6.07) is 0.0821. The van der Waals surface area contributed by atoms with E-state index in [1.165, 1.54) is 17.7 Å². The third-order valence-corrected chi connectivity index (χ3v) is 4.31. The van der Waals surface area contributed by atoms with Gasteiger partial charge in [-0.2, -0.15) is 4.79 Å². The van der Waals surface area contributed by atoms with Gasteiger partial charge in [-0.15, -0.1) is 0 Å². The molecule has 0 saturated heterocycles. The van der Waals surface area contributed by atoms with Crippen molar-refractivity contribution in [2.75, 3.05) is 0 Å². The first kappa shape index (κ1) is 14.1. The Balaban J connectivity index is 2.50. The highest BCUT2D eigenvalue weighted by Crippen LogP contribution is 2.41. The van der Waals surface area contributed by atoms with Crippen LogP contribution in [0.15, 0.2) is 0 Å². The van der Waals surface area contributed by atoms with Crippen molar-refractivity contribution in [2.45, 2.75) is 65.3 Å². The minimum absolute atomic E-state index is 0.0821. The summed E-state index contributed by atoms with van der Waals surface area (Å²) in [5, 5.41) is 0. The Morgan fingerprint density at radius 3 is 2.29 bits per heavy atom. The van der Waals surface area contributed by atoms with Gasteiger partial charge in [-0.3, -0.25) is 0 Å². The predicted molar refractivity (Wildman–Crippen MR) is 68.0 cm³/mol. The van der Waals surface area contributed by atoms with E-state index in [0.29, 0.717) is 11.8 Å². The van der Waals surface area contributed by atoms with Crippen LogP contribution in [0, 0.1) is 11.3 Å². The lowest BCUT2D eigenvalue weighted by atomic mass is 9.68. The summed E-state index contributed by atoms with van der Waals surface area (Å²) in [5.74, 6) is 0.721. The molecular weight excluding hydrogens is 214 g/mol. The Hall–Kier alpha value is -0.950. The zero-order valence-electron chi connectivity index (χ0n) is 11.2. The predicted octanol–water partition coefficient (Wildman–Crippen LogP) is 2.90. The highest BCUT2D eigenvalue weighted by molar-refractivity contribution is 5.69. The molecule has 0 heterocycles. The van der Waals surface area contributed by atoms with E-state index in [-0.39, 0.29) is 6.04 Å². The number of amides is 2.